The van der Waals surface area contributed by atoms with Gasteiger partial charge in [-0.3, -0.25) is 9.59 Å². The molecule has 3 N–H and O–H groups in total. The van der Waals surface area contributed by atoms with Crippen LogP contribution in [0.15, 0.2) is 36.4 Å². The van der Waals surface area contributed by atoms with Crippen LogP contribution in [0.4, 0.5) is 17.1 Å². The minimum Gasteiger partial charge on any atom is -0.508 e. The number of benzene rings is 2. The van der Waals surface area contributed by atoms with Crippen molar-refractivity contribution in [3.8, 4) is 5.75 Å². The third kappa shape index (κ3) is 4.53. The van der Waals surface area contributed by atoms with Gasteiger partial charge in [-0.1, -0.05) is 0 Å². The summed E-state index contributed by atoms with van der Waals surface area (Å²) in [7, 11) is 0. The van der Waals surface area contributed by atoms with Gasteiger partial charge < -0.3 is 20.6 Å². The monoisotopic (exact) mass is 355 g/mol. The summed E-state index contributed by atoms with van der Waals surface area (Å²) >= 11 is 0. The zero-order valence-corrected chi connectivity index (χ0v) is 15.6. The Morgan fingerprint density at radius 1 is 0.885 bits per heavy atom. The molecule has 0 fully saturated rings. The standard InChI is InChI=1S/C20H25N3O3/c1-5-23(6-2)15-7-9-17(13(3)11-15)21-19(25)20(26)22-18-10-8-16(24)12-14(18)4/h7-12,24H,5-6H2,1-4H3,(H,21,25)(H,22,26). The summed E-state index contributed by atoms with van der Waals surface area (Å²) in [5.74, 6) is -1.39. The van der Waals surface area contributed by atoms with Crippen molar-refractivity contribution in [3.63, 3.8) is 0 Å². The number of aromatic hydroxyl groups is 1. The van der Waals surface area contributed by atoms with E-state index >= 15 is 0 Å². The summed E-state index contributed by atoms with van der Waals surface area (Å²) in [4.78, 5) is 26.5. The Kier molecular flexibility index (Phi) is 6.22. The van der Waals surface area contributed by atoms with Crippen molar-refractivity contribution in [2.75, 3.05) is 28.6 Å². The molecule has 0 unspecified atom stereocenters. The second-order valence-corrected chi connectivity index (χ2v) is 6.08. The fraction of sp³-hybridized carbons (Fsp3) is 0.300. The van der Waals surface area contributed by atoms with Crippen molar-refractivity contribution < 1.29 is 14.7 Å². The highest BCUT2D eigenvalue weighted by molar-refractivity contribution is 6.43. The lowest BCUT2D eigenvalue weighted by Crippen LogP contribution is -2.29. The number of rotatable bonds is 5. The highest BCUT2D eigenvalue weighted by Crippen LogP contribution is 2.23. The van der Waals surface area contributed by atoms with Gasteiger partial charge in [0.15, 0.2) is 0 Å². The van der Waals surface area contributed by atoms with E-state index in [1.54, 1.807) is 19.1 Å². The summed E-state index contributed by atoms with van der Waals surface area (Å²) in [6.07, 6.45) is 0. The molecule has 0 saturated carbocycles. The topological polar surface area (TPSA) is 81.7 Å². The van der Waals surface area contributed by atoms with Crippen molar-refractivity contribution in [3.05, 3.63) is 47.5 Å². The number of amides is 2. The number of carbonyl (C=O) groups is 2. The third-order valence-corrected chi connectivity index (χ3v) is 4.25. The van der Waals surface area contributed by atoms with Gasteiger partial charge in [0.05, 0.1) is 0 Å². The van der Waals surface area contributed by atoms with Gasteiger partial charge in [-0.05, 0) is 75.2 Å². The van der Waals surface area contributed by atoms with E-state index < -0.39 is 11.8 Å². The second kappa shape index (κ2) is 8.38. The number of phenols is 1. The summed E-state index contributed by atoms with van der Waals surface area (Å²) in [6.45, 7) is 9.61. The number of hydrogen-bond donors (Lipinski definition) is 3. The van der Waals surface area contributed by atoms with Crippen molar-refractivity contribution in [2.24, 2.45) is 0 Å². The number of phenolic OH excluding ortho intramolecular Hbond substituents is 1. The average molecular weight is 355 g/mol. The first kappa shape index (κ1) is 19.3. The van der Waals surface area contributed by atoms with E-state index in [4.69, 9.17) is 0 Å². The SMILES string of the molecule is CCN(CC)c1ccc(NC(=O)C(=O)Nc2ccc(O)cc2C)c(C)c1. The molecule has 0 aliphatic heterocycles. The Hall–Kier alpha value is -3.02. The molecule has 6 heteroatoms. The van der Waals surface area contributed by atoms with Crippen LogP contribution in [0.25, 0.3) is 0 Å². The van der Waals surface area contributed by atoms with E-state index in [9.17, 15) is 14.7 Å². The molecule has 0 bridgehead atoms. The second-order valence-electron chi connectivity index (χ2n) is 6.08. The van der Waals surface area contributed by atoms with E-state index in [1.165, 1.54) is 12.1 Å². The molecule has 2 rings (SSSR count). The number of hydrogen-bond acceptors (Lipinski definition) is 4. The minimum atomic E-state index is -0.758. The molecule has 0 aromatic heterocycles. The Labute approximate surface area is 153 Å². The lowest BCUT2D eigenvalue weighted by atomic mass is 10.1. The molecule has 2 aromatic rings. The highest BCUT2D eigenvalue weighted by Gasteiger charge is 2.16. The van der Waals surface area contributed by atoms with Crippen LogP contribution in [0.5, 0.6) is 5.75 Å². The Morgan fingerprint density at radius 2 is 1.38 bits per heavy atom. The predicted octanol–water partition coefficient (Wildman–Crippen LogP) is 3.43. The van der Waals surface area contributed by atoms with Crippen molar-refractivity contribution in [1.82, 2.24) is 0 Å². The van der Waals surface area contributed by atoms with E-state index in [-0.39, 0.29) is 5.75 Å². The first-order chi connectivity index (χ1) is 12.3. The maximum atomic E-state index is 12.2. The van der Waals surface area contributed by atoms with Gasteiger partial charge >= 0.3 is 11.8 Å². The van der Waals surface area contributed by atoms with E-state index in [0.717, 1.165) is 24.3 Å². The maximum Gasteiger partial charge on any atom is 0.314 e. The van der Waals surface area contributed by atoms with Crippen LogP contribution in [-0.2, 0) is 9.59 Å². The lowest BCUT2D eigenvalue weighted by molar-refractivity contribution is -0.133. The van der Waals surface area contributed by atoms with Crippen molar-refractivity contribution in [2.45, 2.75) is 27.7 Å². The molecule has 26 heavy (non-hydrogen) atoms. The van der Waals surface area contributed by atoms with Crippen molar-refractivity contribution in [1.29, 1.82) is 0 Å². The largest absolute Gasteiger partial charge is 0.508 e. The average Bonchev–Trinajstić information content (AvgIpc) is 2.60. The molecular formula is C20H25N3O3. The van der Waals surface area contributed by atoms with Gasteiger partial charge in [0.1, 0.15) is 5.75 Å². The quantitative estimate of drug-likeness (QED) is 0.567. The zero-order chi connectivity index (χ0) is 19.3. The van der Waals surface area contributed by atoms with Gasteiger partial charge in [-0.15, -0.1) is 0 Å². The molecule has 0 aliphatic rings. The van der Waals surface area contributed by atoms with Gasteiger partial charge in [-0.25, -0.2) is 0 Å². The van der Waals surface area contributed by atoms with Crippen LogP contribution < -0.4 is 15.5 Å². The van der Waals surface area contributed by atoms with Crippen LogP contribution in [0.1, 0.15) is 25.0 Å². The Morgan fingerprint density at radius 3 is 1.85 bits per heavy atom. The van der Waals surface area contributed by atoms with Crippen molar-refractivity contribution >= 4 is 28.9 Å². The maximum absolute atomic E-state index is 12.2. The number of nitrogens with zero attached hydrogens (tertiary/aromatic N) is 1. The first-order valence-corrected chi connectivity index (χ1v) is 8.63. The van der Waals surface area contributed by atoms with Gasteiger partial charge in [0.2, 0.25) is 0 Å². The summed E-state index contributed by atoms with van der Waals surface area (Å²) in [5.41, 5.74) is 3.72. The molecule has 2 aromatic carbocycles. The summed E-state index contributed by atoms with van der Waals surface area (Å²) in [5, 5.41) is 14.6. The van der Waals surface area contributed by atoms with Crippen LogP contribution in [0.3, 0.4) is 0 Å². The molecule has 138 valence electrons. The molecule has 0 atom stereocenters. The highest BCUT2D eigenvalue weighted by atomic mass is 16.3. The summed E-state index contributed by atoms with van der Waals surface area (Å²) < 4.78 is 0. The van der Waals surface area contributed by atoms with Crippen LogP contribution in [0.2, 0.25) is 0 Å². The van der Waals surface area contributed by atoms with Crippen LogP contribution in [-0.4, -0.2) is 30.0 Å². The Bertz CT molecular complexity index is 814. The third-order valence-electron chi connectivity index (χ3n) is 4.25. The fourth-order valence-electron chi connectivity index (χ4n) is 2.72. The zero-order valence-electron chi connectivity index (χ0n) is 15.6. The molecule has 0 heterocycles. The Balaban J connectivity index is 2.08. The molecule has 0 radical (unpaired) electrons. The molecule has 0 aliphatic carbocycles. The van der Waals surface area contributed by atoms with Gasteiger partial charge in [0.25, 0.3) is 0 Å². The lowest BCUT2D eigenvalue weighted by Gasteiger charge is -2.22. The predicted molar refractivity (Wildman–Crippen MR) is 105 cm³/mol. The van der Waals surface area contributed by atoms with E-state index in [2.05, 4.69) is 29.4 Å². The minimum absolute atomic E-state index is 0.105. The number of nitrogens with one attached hydrogen (secondary N) is 2. The normalized spacial score (nSPS) is 10.3. The molecular weight excluding hydrogens is 330 g/mol. The van der Waals surface area contributed by atoms with Crippen LogP contribution >= 0.6 is 0 Å². The van der Waals surface area contributed by atoms with E-state index in [0.29, 0.717) is 16.9 Å². The smallest absolute Gasteiger partial charge is 0.314 e. The number of carbonyl (C=O) groups excluding carboxylic acids is 2. The van der Waals surface area contributed by atoms with Gasteiger partial charge in [-0.2, -0.15) is 0 Å². The van der Waals surface area contributed by atoms with E-state index in [1.807, 2.05) is 19.1 Å². The molecule has 2 amide bonds. The molecule has 0 spiro atoms. The number of anilines is 3. The van der Waals surface area contributed by atoms with Gasteiger partial charge in [0, 0.05) is 30.2 Å². The number of aryl methyl sites for hydroxylation is 2. The first-order valence-electron chi connectivity index (χ1n) is 8.63. The van der Waals surface area contributed by atoms with Crippen LogP contribution in [0, 0.1) is 13.8 Å². The fourth-order valence-corrected chi connectivity index (χ4v) is 2.72. The summed E-state index contributed by atoms with van der Waals surface area (Å²) in [6, 6.07) is 10.3. The molecule has 6 nitrogen and oxygen atoms in total. The molecule has 0 saturated heterocycles.